The highest BCUT2D eigenvalue weighted by molar-refractivity contribution is 6.19. The van der Waals surface area contributed by atoms with E-state index >= 15 is 0 Å². The quantitative estimate of drug-likeness (QED) is 0.607. The van der Waals surface area contributed by atoms with Gasteiger partial charge < -0.3 is 14.5 Å². The molecule has 2 aromatic rings. The average Bonchev–Trinajstić information content (AvgIpc) is 3.26. The summed E-state index contributed by atoms with van der Waals surface area (Å²) >= 11 is 0. The molecule has 0 spiro atoms. The molecule has 2 heterocycles. The standard InChI is InChI=1S/C26H28F3N3O4/c1-25(2,3)23(34)30-13-12-20-21(30)22(33)32(18-7-5-6-17(14-18)26(27,28)29)24(35)31(20)15-16-8-10-19(36-4)11-9-16/h5-11,14,20-21H,12-13,15H2,1-4H3/t20-,21-/m0/s1. The number of imide groups is 1. The second-order valence-electron chi connectivity index (χ2n) is 10.0. The molecule has 0 N–H and O–H groups in total. The molecule has 4 amide bonds. The second-order valence-corrected chi connectivity index (χ2v) is 10.0. The third-order valence-corrected chi connectivity index (χ3v) is 6.52. The summed E-state index contributed by atoms with van der Waals surface area (Å²) < 4.78 is 45.4. The SMILES string of the molecule is COc1ccc(CN2C(=O)N(c3cccc(C(F)(F)F)c3)C(=O)[C@@H]3[C@@H]2CCN3C(=O)C(C)(C)C)cc1. The summed E-state index contributed by atoms with van der Waals surface area (Å²) in [7, 11) is 1.53. The lowest BCUT2D eigenvalue weighted by Crippen LogP contribution is -2.66. The van der Waals surface area contributed by atoms with E-state index in [1.54, 1.807) is 45.0 Å². The van der Waals surface area contributed by atoms with Crippen molar-refractivity contribution in [1.82, 2.24) is 9.80 Å². The molecule has 2 fully saturated rings. The summed E-state index contributed by atoms with van der Waals surface area (Å²) in [6.45, 7) is 5.59. The predicted molar refractivity (Wildman–Crippen MR) is 126 cm³/mol. The number of alkyl halides is 3. The number of urea groups is 1. The minimum Gasteiger partial charge on any atom is -0.497 e. The largest absolute Gasteiger partial charge is 0.497 e. The number of fused-ring (bicyclic) bond motifs is 1. The Bertz CT molecular complexity index is 1170. The van der Waals surface area contributed by atoms with Crippen LogP contribution in [0, 0.1) is 5.41 Å². The number of hydrogen-bond donors (Lipinski definition) is 0. The Labute approximate surface area is 207 Å². The van der Waals surface area contributed by atoms with E-state index in [0.717, 1.165) is 28.7 Å². The number of amides is 4. The first-order valence-electron chi connectivity index (χ1n) is 11.6. The number of carbonyl (C=O) groups excluding carboxylic acids is 3. The van der Waals surface area contributed by atoms with Crippen LogP contribution in [0.5, 0.6) is 5.75 Å². The van der Waals surface area contributed by atoms with Crippen molar-refractivity contribution < 1.29 is 32.3 Å². The Balaban J connectivity index is 1.77. The van der Waals surface area contributed by atoms with Crippen molar-refractivity contribution in [2.75, 3.05) is 18.6 Å². The number of likely N-dealkylation sites (tertiary alicyclic amines) is 1. The molecular formula is C26H28F3N3O4. The predicted octanol–water partition coefficient (Wildman–Crippen LogP) is 4.70. The van der Waals surface area contributed by atoms with Gasteiger partial charge in [0.05, 0.1) is 24.4 Å². The fourth-order valence-corrected chi connectivity index (χ4v) is 4.73. The number of carbonyl (C=O) groups is 3. The molecule has 0 aromatic heterocycles. The molecule has 36 heavy (non-hydrogen) atoms. The number of methoxy groups -OCH3 is 1. The highest BCUT2D eigenvalue weighted by atomic mass is 19.4. The van der Waals surface area contributed by atoms with Crippen LogP contribution in [0.25, 0.3) is 0 Å². The van der Waals surface area contributed by atoms with Gasteiger partial charge in [-0.2, -0.15) is 13.2 Å². The Hall–Kier alpha value is -3.56. The highest BCUT2D eigenvalue weighted by Crippen LogP contribution is 2.38. The molecule has 0 bridgehead atoms. The van der Waals surface area contributed by atoms with Gasteiger partial charge in [0.1, 0.15) is 11.8 Å². The fourth-order valence-electron chi connectivity index (χ4n) is 4.73. The van der Waals surface area contributed by atoms with Crippen molar-refractivity contribution in [3.8, 4) is 5.75 Å². The first-order valence-corrected chi connectivity index (χ1v) is 11.6. The number of nitrogens with zero attached hydrogens (tertiary/aromatic N) is 3. The maximum Gasteiger partial charge on any atom is 0.416 e. The Kier molecular flexibility index (Phi) is 6.49. The maximum atomic E-state index is 13.7. The molecule has 10 heteroatoms. The minimum absolute atomic E-state index is 0.115. The molecule has 0 aliphatic carbocycles. The number of anilines is 1. The third kappa shape index (κ3) is 4.64. The maximum absolute atomic E-state index is 13.7. The Morgan fingerprint density at radius 2 is 1.72 bits per heavy atom. The number of halogens is 3. The van der Waals surface area contributed by atoms with Gasteiger partial charge in [0.25, 0.3) is 5.91 Å². The topological polar surface area (TPSA) is 70.2 Å². The lowest BCUT2D eigenvalue weighted by Gasteiger charge is -2.44. The molecule has 7 nitrogen and oxygen atoms in total. The van der Waals surface area contributed by atoms with Gasteiger partial charge >= 0.3 is 12.2 Å². The Morgan fingerprint density at radius 1 is 1.06 bits per heavy atom. The van der Waals surface area contributed by atoms with Crippen LogP contribution in [0.15, 0.2) is 48.5 Å². The summed E-state index contributed by atoms with van der Waals surface area (Å²) in [5.41, 5.74) is -1.19. The molecule has 2 aliphatic rings. The summed E-state index contributed by atoms with van der Waals surface area (Å²) in [6.07, 6.45) is -4.26. The van der Waals surface area contributed by atoms with Crippen LogP contribution in [0.3, 0.4) is 0 Å². The van der Waals surface area contributed by atoms with Crippen LogP contribution in [0.2, 0.25) is 0 Å². The molecule has 2 aromatic carbocycles. The van der Waals surface area contributed by atoms with Gasteiger partial charge in [0.15, 0.2) is 0 Å². The molecule has 192 valence electrons. The monoisotopic (exact) mass is 503 g/mol. The number of rotatable bonds is 4. The van der Waals surface area contributed by atoms with Crippen molar-refractivity contribution in [2.24, 2.45) is 5.41 Å². The van der Waals surface area contributed by atoms with Gasteiger partial charge in [-0.25, -0.2) is 9.69 Å². The first-order chi connectivity index (χ1) is 16.8. The van der Waals surface area contributed by atoms with Crippen LogP contribution < -0.4 is 9.64 Å². The van der Waals surface area contributed by atoms with E-state index in [1.165, 1.54) is 23.0 Å². The van der Waals surface area contributed by atoms with Crippen molar-refractivity contribution in [3.05, 3.63) is 59.7 Å². The molecule has 0 radical (unpaired) electrons. The lowest BCUT2D eigenvalue weighted by molar-refractivity contribution is -0.145. The number of benzene rings is 2. The highest BCUT2D eigenvalue weighted by Gasteiger charge is 2.54. The normalized spacial score (nSPS) is 20.6. The second kappa shape index (κ2) is 9.15. The van der Waals surface area contributed by atoms with Gasteiger partial charge in [-0.1, -0.05) is 39.0 Å². The van der Waals surface area contributed by atoms with Crippen molar-refractivity contribution in [2.45, 2.75) is 52.0 Å². The van der Waals surface area contributed by atoms with Gasteiger partial charge in [0.2, 0.25) is 5.91 Å². The molecule has 0 unspecified atom stereocenters. The zero-order valence-electron chi connectivity index (χ0n) is 20.5. The summed E-state index contributed by atoms with van der Waals surface area (Å²) in [5, 5.41) is 0. The van der Waals surface area contributed by atoms with Crippen molar-refractivity contribution in [3.63, 3.8) is 0 Å². The van der Waals surface area contributed by atoms with Crippen LogP contribution in [0.4, 0.5) is 23.7 Å². The molecular weight excluding hydrogens is 475 g/mol. The number of hydrogen-bond acceptors (Lipinski definition) is 4. The third-order valence-electron chi connectivity index (χ3n) is 6.52. The zero-order valence-corrected chi connectivity index (χ0v) is 20.5. The van der Waals surface area contributed by atoms with Gasteiger partial charge in [-0.15, -0.1) is 0 Å². The summed E-state index contributed by atoms with van der Waals surface area (Å²) in [6, 6.07) is 8.83. The first kappa shape index (κ1) is 25.5. The van der Waals surface area contributed by atoms with Gasteiger partial charge in [-0.3, -0.25) is 9.59 Å². The van der Waals surface area contributed by atoms with E-state index in [4.69, 9.17) is 4.74 Å². The summed E-state index contributed by atoms with van der Waals surface area (Å²) in [4.78, 5) is 44.3. The minimum atomic E-state index is -4.65. The van der Waals surface area contributed by atoms with Crippen LogP contribution in [0.1, 0.15) is 38.3 Å². The zero-order chi connectivity index (χ0) is 26.4. The van der Waals surface area contributed by atoms with E-state index in [1.807, 2.05) is 0 Å². The molecule has 0 saturated carbocycles. The van der Waals surface area contributed by atoms with Crippen LogP contribution in [-0.2, 0) is 22.3 Å². The number of ether oxygens (including phenoxy) is 1. The molecule has 2 atom stereocenters. The van der Waals surface area contributed by atoms with Gasteiger partial charge in [0, 0.05) is 18.5 Å². The van der Waals surface area contributed by atoms with Gasteiger partial charge in [-0.05, 0) is 42.3 Å². The average molecular weight is 504 g/mol. The van der Waals surface area contributed by atoms with Crippen molar-refractivity contribution >= 4 is 23.5 Å². The van der Waals surface area contributed by atoms with Crippen molar-refractivity contribution in [1.29, 1.82) is 0 Å². The fraction of sp³-hybridized carbons (Fsp3) is 0.423. The van der Waals surface area contributed by atoms with E-state index in [-0.39, 0.29) is 24.7 Å². The molecule has 2 aliphatic heterocycles. The van der Waals surface area contributed by atoms with Crippen LogP contribution in [-0.4, -0.2) is 53.4 Å². The van der Waals surface area contributed by atoms with E-state index < -0.39 is 41.2 Å². The molecule has 4 rings (SSSR count). The van der Waals surface area contributed by atoms with E-state index in [2.05, 4.69) is 0 Å². The smallest absolute Gasteiger partial charge is 0.416 e. The lowest BCUT2D eigenvalue weighted by atomic mass is 9.93. The molecule has 2 saturated heterocycles. The summed E-state index contributed by atoms with van der Waals surface area (Å²) in [5.74, 6) is -0.332. The van der Waals surface area contributed by atoms with E-state index in [0.29, 0.717) is 12.2 Å². The van der Waals surface area contributed by atoms with E-state index in [9.17, 15) is 27.6 Å². The Morgan fingerprint density at radius 3 is 2.31 bits per heavy atom. The van der Waals surface area contributed by atoms with Crippen LogP contribution >= 0.6 is 0 Å².